The minimum Gasteiger partial charge on any atom is -0.457 e. The first-order valence-corrected chi connectivity index (χ1v) is 7.97. The molecular weight excluding hydrogens is 382 g/mol. The zero-order chi connectivity index (χ0) is 14.7. The lowest BCUT2D eigenvalue weighted by Crippen LogP contribution is -2.06. The van der Waals surface area contributed by atoms with E-state index >= 15 is 0 Å². The second kappa shape index (κ2) is 6.74. The summed E-state index contributed by atoms with van der Waals surface area (Å²) in [5.74, 6) is 1.73. The van der Waals surface area contributed by atoms with E-state index in [-0.39, 0.29) is 0 Å². The Morgan fingerprint density at radius 2 is 1.70 bits per heavy atom. The first kappa shape index (κ1) is 15.5. The van der Waals surface area contributed by atoms with Crippen molar-refractivity contribution in [1.29, 1.82) is 0 Å². The number of hydrogen-bond acceptors (Lipinski definition) is 2. The second-order valence-electron chi connectivity index (χ2n) is 4.76. The average Bonchev–Trinajstić information content (AvgIpc) is 2.39. The summed E-state index contributed by atoms with van der Waals surface area (Å²) in [5, 5.41) is 3.16. The Labute approximate surface area is 136 Å². The van der Waals surface area contributed by atoms with Crippen LogP contribution in [0.1, 0.15) is 16.7 Å². The van der Waals surface area contributed by atoms with Gasteiger partial charge in [0.1, 0.15) is 11.5 Å². The van der Waals surface area contributed by atoms with Crippen LogP contribution in [0.3, 0.4) is 0 Å². The summed E-state index contributed by atoms with van der Waals surface area (Å²) < 4.78 is 8.21. The Balaban J connectivity index is 2.36. The SMILES string of the molecule is CNCc1ccc(Br)cc1Oc1cc(C)c(Br)c(C)c1. The first-order chi connectivity index (χ1) is 9.51. The molecule has 0 fully saturated rings. The van der Waals surface area contributed by atoms with Crippen LogP contribution in [0.25, 0.3) is 0 Å². The topological polar surface area (TPSA) is 21.3 Å². The Bertz CT molecular complexity index is 603. The van der Waals surface area contributed by atoms with Gasteiger partial charge in [-0.25, -0.2) is 0 Å². The van der Waals surface area contributed by atoms with E-state index in [0.717, 1.165) is 32.6 Å². The summed E-state index contributed by atoms with van der Waals surface area (Å²) in [6.07, 6.45) is 0. The largest absolute Gasteiger partial charge is 0.457 e. The van der Waals surface area contributed by atoms with Crippen LogP contribution in [0.15, 0.2) is 39.3 Å². The fourth-order valence-electron chi connectivity index (χ4n) is 2.05. The molecule has 0 heterocycles. The fraction of sp³-hybridized carbons (Fsp3) is 0.250. The highest BCUT2D eigenvalue weighted by atomic mass is 79.9. The summed E-state index contributed by atoms with van der Waals surface area (Å²) in [6.45, 7) is 4.91. The highest BCUT2D eigenvalue weighted by Gasteiger charge is 2.08. The summed E-state index contributed by atoms with van der Waals surface area (Å²) in [6, 6.07) is 10.2. The molecular formula is C16H17Br2NO. The zero-order valence-electron chi connectivity index (χ0n) is 11.8. The predicted molar refractivity (Wildman–Crippen MR) is 90.6 cm³/mol. The molecule has 2 nitrogen and oxygen atoms in total. The number of nitrogens with one attached hydrogen (secondary N) is 1. The molecule has 106 valence electrons. The minimum atomic E-state index is 0.775. The standard InChI is InChI=1S/C16H17Br2NO/c1-10-6-14(7-11(2)16(10)18)20-15-8-13(17)5-4-12(15)9-19-3/h4-8,19H,9H2,1-3H3. The zero-order valence-corrected chi connectivity index (χ0v) is 14.9. The normalized spacial score (nSPS) is 10.7. The smallest absolute Gasteiger partial charge is 0.133 e. The van der Waals surface area contributed by atoms with Crippen LogP contribution in [-0.2, 0) is 6.54 Å². The minimum absolute atomic E-state index is 0.775. The highest BCUT2D eigenvalue weighted by molar-refractivity contribution is 9.10. The number of rotatable bonds is 4. The molecule has 0 spiro atoms. The van der Waals surface area contributed by atoms with Crippen molar-refractivity contribution in [3.8, 4) is 11.5 Å². The maximum atomic E-state index is 6.07. The number of benzene rings is 2. The summed E-state index contributed by atoms with van der Waals surface area (Å²) >= 11 is 7.07. The van der Waals surface area contributed by atoms with Crippen molar-refractivity contribution in [2.24, 2.45) is 0 Å². The molecule has 20 heavy (non-hydrogen) atoms. The summed E-state index contributed by atoms with van der Waals surface area (Å²) in [7, 11) is 1.93. The molecule has 0 amide bonds. The Hall–Kier alpha value is -0.840. The van der Waals surface area contributed by atoms with Crippen LogP contribution >= 0.6 is 31.9 Å². The molecule has 2 aromatic rings. The van der Waals surface area contributed by atoms with Gasteiger partial charge in [-0.3, -0.25) is 0 Å². The number of aryl methyl sites for hydroxylation is 2. The molecule has 0 aliphatic carbocycles. The van der Waals surface area contributed by atoms with Gasteiger partial charge >= 0.3 is 0 Å². The van der Waals surface area contributed by atoms with Crippen molar-refractivity contribution < 1.29 is 4.74 Å². The van der Waals surface area contributed by atoms with E-state index in [1.54, 1.807) is 0 Å². The first-order valence-electron chi connectivity index (χ1n) is 6.39. The summed E-state index contributed by atoms with van der Waals surface area (Å²) in [4.78, 5) is 0. The van der Waals surface area contributed by atoms with Crippen LogP contribution in [0.2, 0.25) is 0 Å². The molecule has 1 N–H and O–H groups in total. The third-order valence-corrected chi connectivity index (χ3v) is 4.78. The molecule has 0 radical (unpaired) electrons. The molecule has 2 aromatic carbocycles. The van der Waals surface area contributed by atoms with E-state index in [0.29, 0.717) is 0 Å². The quantitative estimate of drug-likeness (QED) is 0.750. The molecule has 0 bridgehead atoms. The summed E-state index contributed by atoms with van der Waals surface area (Å²) in [5.41, 5.74) is 3.48. The van der Waals surface area contributed by atoms with E-state index < -0.39 is 0 Å². The van der Waals surface area contributed by atoms with Crippen LogP contribution in [0, 0.1) is 13.8 Å². The van der Waals surface area contributed by atoms with E-state index in [4.69, 9.17) is 4.74 Å². The number of hydrogen-bond donors (Lipinski definition) is 1. The maximum Gasteiger partial charge on any atom is 0.133 e. The van der Waals surface area contributed by atoms with Crippen LogP contribution in [-0.4, -0.2) is 7.05 Å². The van der Waals surface area contributed by atoms with Crippen LogP contribution in [0.4, 0.5) is 0 Å². The van der Waals surface area contributed by atoms with Crippen molar-refractivity contribution in [3.05, 3.63) is 56.0 Å². The fourth-order valence-corrected chi connectivity index (χ4v) is 2.62. The predicted octanol–water partition coefficient (Wildman–Crippen LogP) is 5.34. The molecule has 2 rings (SSSR count). The van der Waals surface area contributed by atoms with Gasteiger partial charge in [-0.1, -0.05) is 37.9 Å². The van der Waals surface area contributed by atoms with E-state index in [1.807, 2.05) is 31.3 Å². The highest BCUT2D eigenvalue weighted by Crippen LogP contribution is 2.32. The Kier molecular flexibility index (Phi) is 5.24. The average molecular weight is 399 g/mol. The Morgan fingerprint density at radius 3 is 2.30 bits per heavy atom. The number of ether oxygens (including phenoxy) is 1. The third kappa shape index (κ3) is 3.62. The molecule has 4 heteroatoms. The lowest BCUT2D eigenvalue weighted by Gasteiger charge is -2.13. The van der Waals surface area contributed by atoms with Crippen molar-refractivity contribution >= 4 is 31.9 Å². The molecule has 0 atom stereocenters. The van der Waals surface area contributed by atoms with Gasteiger partial charge in [-0.2, -0.15) is 0 Å². The Morgan fingerprint density at radius 1 is 1.05 bits per heavy atom. The maximum absolute atomic E-state index is 6.07. The van der Waals surface area contributed by atoms with Crippen LogP contribution < -0.4 is 10.1 Å². The van der Waals surface area contributed by atoms with Gasteiger partial charge in [0.15, 0.2) is 0 Å². The van der Waals surface area contributed by atoms with Gasteiger partial charge in [-0.05, 0) is 56.3 Å². The van der Waals surface area contributed by atoms with Gasteiger partial charge in [0.25, 0.3) is 0 Å². The lowest BCUT2D eigenvalue weighted by molar-refractivity contribution is 0.473. The number of halogens is 2. The molecule has 0 saturated heterocycles. The second-order valence-corrected chi connectivity index (χ2v) is 6.46. The van der Waals surface area contributed by atoms with Gasteiger partial charge in [0.2, 0.25) is 0 Å². The molecule has 0 aliphatic rings. The van der Waals surface area contributed by atoms with E-state index in [1.165, 1.54) is 11.1 Å². The van der Waals surface area contributed by atoms with Crippen LogP contribution in [0.5, 0.6) is 11.5 Å². The van der Waals surface area contributed by atoms with E-state index in [2.05, 4.69) is 57.1 Å². The van der Waals surface area contributed by atoms with Crippen molar-refractivity contribution in [3.63, 3.8) is 0 Å². The van der Waals surface area contributed by atoms with E-state index in [9.17, 15) is 0 Å². The van der Waals surface area contributed by atoms with Crippen molar-refractivity contribution in [2.45, 2.75) is 20.4 Å². The van der Waals surface area contributed by atoms with Crippen molar-refractivity contribution in [2.75, 3.05) is 7.05 Å². The van der Waals surface area contributed by atoms with Gasteiger partial charge in [0.05, 0.1) is 0 Å². The van der Waals surface area contributed by atoms with Gasteiger partial charge < -0.3 is 10.1 Å². The molecule has 0 aliphatic heterocycles. The monoisotopic (exact) mass is 397 g/mol. The molecule has 0 unspecified atom stereocenters. The van der Waals surface area contributed by atoms with Gasteiger partial charge in [-0.15, -0.1) is 0 Å². The van der Waals surface area contributed by atoms with Gasteiger partial charge in [0, 0.05) is 21.1 Å². The molecule has 0 aromatic heterocycles. The lowest BCUT2D eigenvalue weighted by atomic mass is 10.1. The molecule has 0 saturated carbocycles. The van der Waals surface area contributed by atoms with Crippen molar-refractivity contribution in [1.82, 2.24) is 5.32 Å². The third-order valence-electron chi connectivity index (χ3n) is 3.03.